The molecule has 1 atom stereocenters. The predicted octanol–water partition coefficient (Wildman–Crippen LogP) is 3.89. The third kappa shape index (κ3) is 4.69. The van der Waals surface area contributed by atoms with Crippen LogP contribution >= 0.6 is 0 Å². The second kappa shape index (κ2) is 8.15. The van der Waals surface area contributed by atoms with Gasteiger partial charge >= 0.3 is 0 Å². The van der Waals surface area contributed by atoms with Crippen LogP contribution in [0.1, 0.15) is 39.7 Å². The molecule has 2 heteroatoms. The predicted molar refractivity (Wildman–Crippen MR) is 79.4 cm³/mol. The molecule has 0 N–H and O–H groups in total. The van der Waals surface area contributed by atoms with Crippen LogP contribution in [0.3, 0.4) is 0 Å². The summed E-state index contributed by atoms with van der Waals surface area (Å²) in [5.41, 5.74) is 2.67. The van der Waals surface area contributed by atoms with Crippen molar-refractivity contribution in [3.8, 4) is 0 Å². The van der Waals surface area contributed by atoms with E-state index < -0.39 is 0 Å². The third-order valence-electron chi connectivity index (χ3n) is 3.19. The van der Waals surface area contributed by atoms with Gasteiger partial charge < -0.3 is 9.64 Å². The van der Waals surface area contributed by atoms with Crippen LogP contribution in [0, 0.1) is 0 Å². The molecule has 1 aromatic carbocycles. The Bertz CT molecular complexity index is 316. The molecule has 0 radical (unpaired) electrons. The van der Waals surface area contributed by atoms with Crippen LogP contribution in [0.4, 0.5) is 5.69 Å². The fraction of sp³-hybridized carbons (Fsp3) is 0.625. The molecule has 0 aliphatic heterocycles. The zero-order chi connectivity index (χ0) is 13.4. The average molecular weight is 249 g/mol. The van der Waals surface area contributed by atoms with Gasteiger partial charge in [0.2, 0.25) is 0 Å². The number of hydrogen-bond donors (Lipinski definition) is 0. The molecule has 2 nitrogen and oxygen atoms in total. The van der Waals surface area contributed by atoms with Crippen LogP contribution in [0.5, 0.6) is 0 Å². The second-order valence-electron chi connectivity index (χ2n) is 4.72. The van der Waals surface area contributed by atoms with Gasteiger partial charge in [0.25, 0.3) is 0 Å². The van der Waals surface area contributed by atoms with Gasteiger partial charge in [0.1, 0.15) is 0 Å². The normalized spacial score (nSPS) is 12.4. The molecule has 0 fully saturated rings. The maximum atomic E-state index is 5.70. The smallest absolute Gasteiger partial charge is 0.0587 e. The zero-order valence-electron chi connectivity index (χ0n) is 12.3. The van der Waals surface area contributed by atoms with E-state index >= 15 is 0 Å². The lowest BCUT2D eigenvalue weighted by atomic mass is 10.1. The molecule has 0 aromatic heterocycles. The first-order valence-electron chi connectivity index (χ1n) is 7.16. The van der Waals surface area contributed by atoms with Crippen molar-refractivity contribution in [1.29, 1.82) is 0 Å². The van der Waals surface area contributed by atoms with E-state index in [1.54, 1.807) is 0 Å². The van der Waals surface area contributed by atoms with Crippen molar-refractivity contribution in [3.05, 3.63) is 29.8 Å². The van der Waals surface area contributed by atoms with Crippen molar-refractivity contribution in [2.75, 3.05) is 24.6 Å². The monoisotopic (exact) mass is 249 g/mol. The molecule has 0 amide bonds. The van der Waals surface area contributed by atoms with E-state index in [1.807, 2.05) is 0 Å². The van der Waals surface area contributed by atoms with Gasteiger partial charge in [0, 0.05) is 25.4 Å². The van der Waals surface area contributed by atoms with Gasteiger partial charge in [-0.2, -0.15) is 0 Å². The quantitative estimate of drug-likeness (QED) is 0.693. The van der Waals surface area contributed by atoms with Gasteiger partial charge in [-0.05, 0) is 51.3 Å². The Morgan fingerprint density at radius 2 is 1.67 bits per heavy atom. The topological polar surface area (TPSA) is 12.5 Å². The average Bonchev–Trinajstić information content (AvgIpc) is 2.40. The van der Waals surface area contributed by atoms with Crippen molar-refractivity contribution in [2.45, 2.75) is 46.6 Å². The molecular weight excluding hydrogens is 222 g/mol. The van der Waals surface area contributed by atoms with Crippen molar-refractivity contribution in [1.82, 2.24) is 0 Å². The first kappa shape index (κ1) is 15.0. The summed E-state index contributed by atoms with van der Waals surface area (Å²) in [6, 6.07) is 8.88. The van der Waals surface area contributed by atoms with E-state index in [4.69, 9.17) is 4.74 Å². The number of rotatable bonds is 8. The second-order valence-corrected chi connectivity index (χ2v) is 4.72. The lowest BCUT2D eigenvalue weighted by molar-refractivity contribution is 0.0669. The summed E-state index contributed by atoms with van der Waals surface area (Å²) in [5, 5.41) is 0. The minimum atomic E-state index is 0.309. The van der Waals surface area contributed by atoms with Gasteiger partial charge in [-0.15, -0.1) is 0 Å². The SMILES string of the molecule is CCCOC(C)Cc1ccc(N(CC)CC)cc1. The number of nitrogens with zero attached hydrogens (tertiary/aromatic N) is 1. The molecule has 0 bridgehead atoms. The lowest BCUT2D eigenvalue weighted by Crippen LogP contribution is -2.21. The molecule has 0 aliphatic rings. The minimum absolute atomic E-state index is 0.309. The van der Waals surface area contributed by atoms with E-state index in [9.17, 15) is 0 Å². The Balaban J connectivity index is 2.54. The molecule has 18 heavy (non-hydrogen) atoms. The van der Waals surface area contributed by atoms with Gasteiger partial charge in [-0.25, -0.2) is 0 Å². The Morgan fingerprint density at radius 1 is 1.06 bits per heavy atom. The Morgan fingerprint density at radius 3 is 2.17 bits per heavy atom. The highest BCUT2D eigenvalue weighted by atomic mass is 16.5. The summed E-state index contributed by atoms with van der Waals surface area (Å²) < 4.78 is 5.70. The van der Waals surface area contributed by atoms with E-state index in [1.165, 1.54) is 11.3 Å². The first-order chi connectivity index (χ1) is 8.71. The highest BCUT2D eigenvalue weighted by Crippen LogP contribution is 2.16. The summed E-state index contributed by atoms with van der Waals surface area (Å²) in [4.78, 5) is 2.36. The Labute approximate surface area is 112 Å². The van der Waals surface area contributed by atoms with Crippen LogP contribution in [-0.4, -0.2) is 25.8 Å². The van der Waals surface area contributed by atoms with Crippen LogP contribution in [0.25, 0.3) is 0 Å². The van der Waals surface area contributed by atoms with Crippen molar-refractivity contribution in [2.24, 2.45) is 0 Å². The highest BCUT2D eigenvalue weighted by molar-refractivity contribution is 5.47. The van der Waals surface area contributed by atoms with E-state index in [-0.39, 0.29) is 0 Å². The van der Waals surface area contributed by atoms with Gasteiger partial charge in [0.15, 0.2) is 0 Å². The highest BCUT2D eigenvalue weighted by Gasteiger charge is 2.05. The van der Waals surface area contributed by atoms with Crippen LogP contribution < -0.4 is 4.90 Å². The fourth-order valence-corrected chi connectivity index (χ4v) is 2.14. The number of anilines is 1. The third-order valence-corrected chi connectivity index (χ3v) is 3.19. The van der Waals surface area contributed by atoms with E-state index in [2.05, 4.69) is 56.9 Å². The molecule has 1 unspecified atom stereocenters. The lowest BCUT2D eigenvalue weighted by Gasteiger charge is -2.21. The van der Waals surface area contributed by atoms with Crippen molar-refractivity contribution < 1.29 is 4.74 Å². The molecule has 0 aliphatic carbocycles. The number of hydrogen-bond acceptors (Lipinski definition) is 2. The van der Waals surface area contributed by atoms with Crippen molar-refractivity contribution in [3.63, 3.8) is 0 Å². The maximum Gasteiger partial charge on any atom is 0.0587 e. The minimum Gasteiger partial charge on any atom is -0.378 e. The summed E-state index contributed by atoms with van der Waals surface area (Å²) in [6.45, 7) is 11.7. The maximum absolute atomic E-state index is 5.70. The van der Waals surface area contributed by atoms with Crippen LogP contribution in [-0.2, 0) is 11.2 Å². The molecule has 102 valence electrons. The van der Waals surface area contributed by atoms with Gasteiger partial charge in [-0.3, -0.25) is 0 Å². The molecular formula is C16H27NO. The van der Waals surface area contributed by atoms with E-state index in [0.717, 1.165) is 32.5 Å². The van der Waals surface area contributed by atoms with Crippen LogP contribution in [0.15, 0.2) is 24.3 Å². The molecule has 0 saturated heterocycles. The standard InChI is InChI=1S/C16H27NO/c1-5-12-18-14(4)13-15-8-10-16(11-9-15)17(6-2)7-3/h8-11,14H,5-7,12-13H2,1-4H3. The van der Waals surface area contributed by atoms with Crippen LogP contribution in [0.2, 0.25) is 0 Å². The Hall–Kier alpha value is -1.02. The summed E-state index contributed by atoms with van der Waals surface area (Å²) in [7, 11) is 0. The number of benzene rings is 1. The van der Waals surface area contributed by atoms with Gasteiger partial charge in [0.05, 0.1) is 6.10 Å². The Kier molecular flexibility index (Phi) is 6.81. The molecule has 0 spiro atoms. The molecule has 0 heterocycles. The first-order valence-corrected chi connectivity index (χ1v) is 7.16. The summed E-state index contributed by atoms with van der Waals surface area (Å²) >= 11 is 0. The molecule has 1 rings (SSSR count). The summed E-state index contributed by atoms with van der Waals surface area (Å²) in [5.74, 6) is 0. The summed E-state index contributed by atoms with van der Waals surface area (Å²) in [6.07, 6.45) is 2.40. The van der Waals surface area contributed by atoms with Crippen molar-refractivity contribution >= 4 is 5.69 Å². The fourth-order valence-electron chi connectivity index (χ4n) is 2.14. The zero-order valence-corrected chi connectivity index (χ0v) is 12.3. The van der Waals surface area contributed by atoms with E-state index in [0.29, 0.717) is 6.10 Å². The molecule has 1 aromatic rings. The molecule has 0 saturated carbocycles. The number of ether oxygens (including phenoxy) is 1. The van der Waals surface area contributed by atoms with Gasteiger partial charge in [-0.1, -0.05) is 19.1 Å². The largest absolute Gasteiger partial charge is 0.378 e.